The molecule has 31 heavy (non-hydrogen) atoms. The molecule has 1 fully saturated rings. The number of alkyl halides is 3. The summed E-state index contributed by atoms with van der Waals surface area (Å²) in [6.07, 6.45) is -4.69. The molecule has 0 aromatic heterocycles. The first-order valence-corrected chi connectivity index (χ1v) is 11.2. The predicted molar refractivity (Wildman–Crippen MR) is 108 cm³/mol. The number of sulfonamides is 1. The molecular formula is C20H20ClF3N2O4S. The molecule has 0 atom stereocenters. The summed E-state index contributed by atoms with van der Waals surface area (Å²) in [5.74, 6) is -0.287. The third-order valence-electron chi connectivity index (χ3n) is 4.80. The summed E-state index contributed by atoms with van der Waals surface area (Å²) in [7, 11) is -4.25. The van der Waals surface area contributed by atoms with Gasteiger partial charge in [0.1, 0.15) is 11.5 Å². The molecular weight excluding hydrogens is 457 g/mol. The van der Waals surface area contributed by atoms with Gasteiger partial charge >= 0.3 is 6.18 Å². The Labute approximate surface area is 183 Å². The van der Waals surface area contributed by atoms with Gasteiger partial charge in [-0.3, -0.25) is 4.79 Å². The van der Waals surface area contributed by atoms with Crippen molar-refractivity contribution < 1.29 is 31.1 Å². The number of carbonyl (C=O) groups excluding carboxylic acids is 1. The van der Waals surface area contributed by atoms with Crippen LogP contribution in [0.4, 0.5) is 13.2 Å². The molecule has 1 aliphatic heterocycles. The van der Waals surface area contributed by atoms with E-state index < -0.39 is 26.7 Å². The Morgan fingerprint density at radius 2 is 1.68 bits per heavy atom. The number of hydrogen-bond donors (Lipinski definition) is 0. The lowest BCUT2D eigenvalue weighted by molar-refractivity contribution is -0.138. The number of benzene rings is 2. The number of hydrogen-bond acceptors (Lipinski definition) is 4. The van der Waals surface area contributed by atoms with Crippen LogP contribution in [-0.2, 0) is 32.3 Å². The first kappa shape index (κ1) is 23.5. The second-order valence-electron chi connectivity index (χ2n) is 6.91. The van der Waals surface area contributed by atoms with Gasteiger partial charge in [-0.05, 0) is 23.8 Å². The molecule has 1 aliphatic rings. The van der Waals surface area contributed by atoms with Gasteiger partial charge in [0.25, 0.3) is 0 Å². The van der Waals surface area contributed by atoms with Crippen LogP contribution in [0.15, 0.2) is 53.4 Å². The Morgan fingerprint density at radius 3 is 2.29 bits per heavy atom. The minimum absolute atomic E-state index is 0.0562. The highest BCUT2D eigenvalue weighted by atomic mass is 35.5. The third kappa shape index (κ3) is 5.76. The van der Waals surface area contributed by atoms with Crippen LogP contribution >= 0.6 is 11.6 Å². The van der Waals surface area contributed by atoms with Crippen molar-refractivity contribution in [2.45, 2.75) is 17.7 Å². The third-order valence-corrected chi connectivity index (χ3v) is 7.18. The van der Waals surface area contributed by atoms with Gasteiger partial charge in [-0.1, -0.05) is 41.9 Å². The number of piperazine rings is 1. The fraction of sp³-hybridized carbons (Fsp3) is 0.350. The molecule has 0 radical (unpaired) electrons. The molecule has 0 spiro atoms. The van der Waals surface area contributed by atoms with Crippen LogP contribution in [0.25, 0.3) is 0 Å². The van der Waals surface area contributed by atoms with Gasteiger partial charge in [-0.15, -0.1) is 0 Å². The number of rotatable bonds is 6. The van der Waals surface area contributed by atoms with E-state index in [2.05, 4.69) is 0 Å². The second-order valence-corrected chi connectivity index (χ2v) is 9.22. The molecule has 2 aromatic rings. The van der Waals surface area contributed by atoms with Gasteiger partial charge in [0, 0.05) is 26.2 Å². The van der Waals surface area contributed by atoms with Gasteiger partial charge < -0.3 is 9.64 Å². The van der Waals surface area contributed by atoms with E-state index in [1.807, 2.05) is 30.3 Å². The fourth-order valence-corrected chi connectivity index (χ4v) is 5.04. The average Bonchev–Trinajstić information content (AvgIpc) is 2.74. The standard InChI is InChI=1S/C20H20ClF3N2O4S/c21-17-7-6-16(20(22,23)24)12-18(17)31(28,29)26-10-8-25(9-11-26)19(27)14-30-13-15-4-2-1-3-5-15/h1-7,12H,8-11,13-14H2. The smallest absolute Gasteiger partial charge is 0.367 e. The molecule has 168 valence electrons. The minimum Gasteiger partial charge on any atom is -0.367 e. The molecule has 1 saturated heterocycles. The van der Waals surface area contributed by atoms with Crippen molar-refractivity contribution in [2.24, 2.45) is 0 Å². The average molecular weight is 477 g/mol. The largest absolute Gasteiger partial charge is 0.416 e. The van der Waals surface area contributed by atoms with Crippen LogP contribution in [0, 0.1) is 0 Å². The number of carbonyl (C=O) groups is 1. The van der Waals surface area contributed by atoms with Crippen molar-refractivity contribution in [3.8, 4) is 0 Å². The molecule has 2 aromatic carbocycles. The van der Waals surface area contributed by atoms with Crippen LogP contribution in [0.1, 0.15) is 11.1 Å². The fourth-order valence-electron chi connectivity index (χ4n) is 3.12. The Hall–Kier alpha value is -2.14. The van der Waals surface area contributed by atoms with Crippen LogP contribution in [0.2, 0.25) is 5.02 Å². The molecule has 3 rings (SSSR count). The maximum atomic E-state index is 13.0. The highest BCUT2D eigenvalue weighted by molar-refractivity contribution is 7.89. The Kier molecular flexibility index (Phi) is 7.25. The van der Waals surface area contributed by atoms with E-state index in [1.165, 1.54) is 4.90 Å². The second kappa shape index (κ2) is 9.56. The van der Waals surface area contributed by atoms with Crippen LogP contribution in [-0.4, -0.2) is 56.3 Å². The Bertz CT molecular complexity index is 1020. The SMILES string of the molecule is O=C(COCc1ccccc1)N1CCN(S(=O)(=O)c2cc(C(F)(F)F)ccc2Cl)CC1. The quantitative estimate of drug-likeness (QED) is 0.641. The summed E-state index contributed by atoms with van der Waals surface area (Å²) in [4.78, 5) is 13.2. The minimum atomic E-state index is -4.69. The molecule has 6 nitrogen and oxygen atoms in total. The van der Waals surface area contributed by atoms with Gasteiger partial charge in [-0.25, -0.2) is 8.42 Å². The van der Waals surface area contributed by atoms with Gasteiger partial charge in [0.05, 0.1) is 17.2 Å². The zero-order valence-electron chi connectivity index (χ0n) is 16.3. The summed E-state index contributed by atoms with van der Waals surface area (Å²) in [5.41, 5.74) is -0.177. The predicted octanol–water partition coefficient (Wildman–Crippen LogP) is 3.41. The van der Waals surface area contributed by atoms with E-state index in [-0.39, 0.29) is 50.3 Å². The molecule has 0 unspecified atom stereocenters. The molecule has 0 N–H and O–H groups in total. The summed E-state index contributed by atoms with van der Waals surface area (Å²) in [6, 6.07) is 11.5. The highest BCUT2D eigenvalue weighted by Gasteiger charge is 2.35. The maximum absolute atomic E-state index is 13.0. The lowest BCUT2D eigenvalue weighted by atomic mass is 10.2. The van der Waals surface area contributed by atoms with Crippen molar-refractivity contribution in [1.29, 1.82) is 0 Å². The topological polar surface area (TPSA) is 66.9 Å². The van der Waals surface area contributed by atoms with Crippen molar-refractivity contribution in [3.05, 3.63) is 64.7 Å². The number of halogens is 4. The van der Waals surface area contributed by atoms with Crippen molar-refractivity contribution in [2.75, 3.05) is 32.8 Å². The number of ether oxygens (including phenoxy) is 1. The van der Waals surface area contributed by atoms with E-state index in [4.69, 9.17) is 16.3 Å². The summed E-state index contributed by atoms with van der Waals surface area (Å²) in [5, 5.41) is -0.291. The molecule has 0 saturated carbocycles. The molecule has 1 amide bonds. The molecule has 11 heteroatoms. The molecule has 0 bridgehead atoms. The van der Waals surface area contributed by atoms with E-state index in [0.29, 0.717) is 6.07 Å². The summed E-state index contributed by atoms with van der Waals surface area (Å²) < 4.78 is 71.0. The number of nitrogens with zero attached hydrogens (tertiary/aromatic N) is 2. The van der Waals surface area contributed by atoms with Crippen LogP contribution in [0.5, 0.6) is 0 Å². The molecule has 0 aliphatic carbocycles. The first-order valence-electron chi connectivity index (χ1n) is 9.35. The highest BCUT2D eigenvalue weighted by Crippen LogP contribution is 2.34. The lowest BCUT2D eigenvalue weighted by Crippen LogP contribution is -2.51. The van der Waals surface area contributed by atoms with E-state index in [0.717, 1.165) is 22.0 Å². The zero-order valence-corrected chi connectivity index (χ0v) is 17.9. The van der Waals surface area contributed by atoms with Crippen molar-refractivity contribution in [1.82, 2.24) is 9.21 Å². The van der Waals surface area contributed by atoms with Crippen LogP contribution < -0.4 is 0 Å². The van der Waals surface area contributed by atoms with Crippen molar-refractivity contribution in [3.63, 3.8) is 0 Å². The van der Waals surface area contributed by atoms with Gasteiger partial charge in [0.2, 0.25) is 15.9 Å². The van der Waals surface area contributed by atoms with Gasteiger partial charge in [0.15, 0.2) is 0 Å². The zero-order chi connectivity index (χ0) is 22.6. The van der Waals surface area contributed by atoms with Crippen LogP contribution in [0.3, 0.4) is 0 Å². The molecule has 1 heterocycles. The lowest BCUT2D eigenvalue weighted by Gasteiger charge is -2.34. The van der Waals surface area contributed by atoms with E-state index in [9.17, 15) is 26.4 Å². The maximum Gasteiger partial charge on any atom is 0.416 e. The Balaban J connectivity index is 1.59. The van der Waals surface area contributed by atoms with Crippen molar-refractivity contribution >= 4 is 27.5 Å². The Morgan fingerprint density at radius 1 is 1.03 bits per heavy atom. The normalized spacial score (nSPS) is 15.8. The monoisotopic (exact) mass is 476 g/mol. The van der Waals surface area contributed by atoms with E-state index in [1.54, 1.807) is 0 Å². The number of amides is 1. The van der Waals surface area contributed by atoms with E-state index >= 15 is 0 Å². The summed E-state index contributed by atoms with van der Waals surface area (Å²) in [6.45, 7) is 0.210. The summed E-state index contributed by atoms with van der Waals surface area (Å²) >= 11 is 5.88. The first-order chi connectivity index (χ1) is 14.6. The van der Waals surface area contributed by atoms with Gasteiger partial charge in [-0.2, -0.15) is 17.5 Å².